The van der Waals surface area contributed by atoms with Crippen molar-refractivity contribution in [1.29, 1.82) is 0 Å². The van der Waals surface area contributed by atoms with Crippen LogP contribution in [0, 0.1) is 17.8 Å². The van der Waals surface area contributed by atoms with Crippen molar-refractivity contribution < 1.29 is 14.3 Å². The average Bonchev–Trinajstić information content (AvgIpc) is 2.48. The van der Waals surface area contributed by atoms with Gasteiger partial charge < -0.3 is 4.74 Å². The molecule has 0 N–H and O–H groups in total. The summed E-state index contributed by atoms with van der Waals surface area (Å²) in [6.45, 7) is 2.42. The molecule has 14 heavy (non-hydrogen) atoms. The Hall–Kier alpha value is -0.860. The molecular formula is C11H16O3. The van der Waals surface area contributed by atoms with Crippen LogP contribution in [-0.4, -0.2) is 18.4 Å². The molecular weight excluding hydrogens is 180 g/mol. The zero-order chi connectivity index (χ0) is 10.1. The molecule has 0 radical (unpaired) electrons. The van der Waals surface area contributed by atoms with Gasteiger partial charge in [-0.2, -0.15) is 0 Å². The van der Waals surface area contributed by atoms with Gasteiger partial charge in [-0.25, -0.2) is 0 Å². The van der Waals surface area contributed by atoms with Crippen molar-refractivity contribution in [1.82, 2.24) is 0 Å². The van der Waals surface area contributed by atoms with Crippen LogP contribution in [0.2, 0.25) is 0 Å². The largest absolute Gasteiger partial charge is 0.465 e. The van der Waals surface area contributed by atoms with E-state index in [1.807, 2.05) is 6.92 Å². The number of ether oxygens (including phenoxy) is 1. The zero-order valence-corrected chi connectivity index (χ0v) is 8.49. The van der Waals surface area contributed by atoms with E-state index in [-0.39, 0.29) is 23.7 Å². The highest BCUT2D eigenvalue weighted by Crippen LogP contribution is 2.38. The number of fused-ring (bicyclic) bond motifs is 2. The second-order valence-electron chi connectivity index (χ2n) is 4.33. The Balaban J connectivity index is 2.17. The van der Waals surface area contributed by atoms with Gasteiger partial charge in [0.2, 0.25) is 0 Å². The second-order valence-corrected chi connectivity index (χ2v) is 4.33. The number of rotatable bonds is 1. The third-order valence-electron chi connectivity index (χ3n) is 3.53. The van der Waals surface area contributed by atoms with E-state index in [1.165, 1.54) is 0 Å². The third-order valence-corrected chi connectivity index (χ3v) is 3.53. The summed E-state index contributed by atoms with van der Waals surface area (Å²) >= 11 is 0. The third kappa shape index (κ3) is 1.56. The molecule has 3 nitrogen and oxygen atoms in total. The fourth-order valence-electron chi connectivity index (χ4n) is 2.69. The van der Waals surface area contributed by atoms with E-state index in [9.17, 15) is 9.59 Å². The van der Waals surface area contributed by atoms with Crippen molar-refractivity contribution in [3.63, 3.8) is 0 Å². The highest BCUT2D eigenvalue weighted by Gasteiger charge is 2.41. The van der Waals surface area contributed by atoms with E-state index < -0.39 is 0 Å². The number of carbonyl (C=O) groups excluding carboxylic acids is 2. The molecule has 0 aromatic carbocycles. The smallest absolute Gasteiger partial charge is 0.309 e. The number of hydrogen-bond acceptors (Lipinski definition) is 3. The quantitative estimate of drug-likeness (QED) is 0.598. The van der Waals surface area contributed by atoms with Crippen molar-refractivity contribution in [2.45, 2.75) is 32.6 Å². The summed E-state index contributed by atoms with van der Waals surface area (Å²) in [7, 11) is 0. The predicted octanol–water partition coefficient (Wildman–Crippen LogP) is 1.55. The number of ketones is 1. The minimum absolute atomic E-state index is 0.0377. The molecule has 2 fully saturated rings. The van der Waals surface area contributed by atoms with E-state index in [4.69, 9.17) is 4.74 Å². The van der Waals surface area contributed by atoms with Gasteiger partial charge in [-0.1, -0.05) is 6.92 Å². The summed E-state index contributed by atoms with van der Waals surface area (Å²) in [4.78, 5) is 23.1. The Kier molecular flexibility index (Phi) is 2.57. The lowest BCUT2D eigenvalue weighted by atomic mass is 9.87. The lowest BCUT2D eigenvalue weighted by molar-refractivity contribution is -0.152. The zero-order valence-electron chi connectivity index (χ0n) is 8.49. The first-order valence-electron chi connectivity index (χ1n) is 5.41. The van der Waals surface area contributed by atoms with Gasteiger partial charge in [0.1, 0.15) is 5.78 Å². The fourth-order valence-corrected chi connectivity index (χ4v) is 2.69. The standard InChI is InChI=1S/C11H16O3/c1-2-9-8-5-7(10(12)6-8)3-4-14-11(9)13/h7-9H,2-6H2,1H3/t7-,8+,9?/m0/s1. The van der Waals surface area contributed by atoms with Gasteiger partial charge in [0, 0.05) is 12.3 Å². The molecule has 1 unspecified atom stereocenters. The number of carbonyl (C=O) groups is 2. The molecule has 1 aliphatic heterocycles. The van der Waals surface area contributed by atoms with Crippen LogP contribution < -0.4 is 0 Å². The lowest BCUT2D eigenvalue weighted by Crippen LogP contribution is -2.26. The lowest BCUT2D eigenvalue weighted by Gasteiger charge is -2.22. The first kappa shape index (κ1) is 9.69. The van der Waals surface area contributed by atoms with Gasteiger partial charge in [0.25, 0.3) is 0 Å². The van der Waals surface area contributed by atoms with Crippen molar-refractivity contribution in [3.05, 3.63) is 0 Å². The Morgan fingerprint density at radius 1 is 1.43 bits per heavy atom. The topological polar surface area (TPSA) is 43.4 Å². The molecule has 0 aromatic heterocycles. The Morgan fingerprint density at radius 3 is 2.93 bits per heavy atom. The number of esters is 1. The second kappa shape index (κ2) is 3.71. The molecule has 1 heterocycles. The summed E-state index contributed by atoms with van der Waals surface area (Å²) in [5.74, 6) is 0.633. The van der Waals surface area contributed by atoms with Crippen molar-refractivity contribution >= 4 is 11.8 Å². The van der Waals surface area contributed by atoms with E-state index in [2.05, 4.69) is 0 Å². The SMILES string of the molecule is CCC1C(=O)OCC[C@H]2C[C@@H]1CC2=O. The van der Waals surface area contributed by atoms with E-state index in [0.29, 0.717) is 18.8 Å². The monoisotopic (exact) mass is 196 g/mol. The Bertz CT molecular complexity index is 259. The fraction of sp³-hybridized carbons (Fsp3) is 0.818. The molecule has 0 aromatic rings. The normalized spacial score (nSPS) is 37.6. The number of Topliss-reactive ketones (excluding diaryl/α,β-unsaturated/α-hetero) is 1. The van der Waals surface area contributed by atoms with Crippen LogP contribution in [0.4, 0.5) is 0 Å². The van der Waals surface area contributed by atoms with Crippen molar-refractivity contribution in [2.24, 2.45) is 17.8 Å². The molecule has 3 heteroatoms. The minimum atomic E-state index is -0.0920. The van der Waals surface area contributed by atoms with Crippen LogP contribution >= 0.6 is 0 Å². The molecule has 0 spiro atoms. The first-order chi connectivity index (χ1) is 6.72. The van der Waals surface area contributed by atoms with Gasteiger partial charge in [-0.15, -0.1) is 0 Å². The highest BCUT2D eigenvalue weighted by molar-refractivity contribution is 5.85. The van der Waals surface area contributed by atoms with Crippen LogP contribution in [0.3, 0.4) is 0 Å². The first-order valence-corrected chi connectivity index (χ1v) is 5.41. The average molecular weight is 196 g/mol. The van der Waals surface area contributed by atoms with Crippen molar-refractivity contribution in [3.8, 4) is 0 Å². The molecule has 1 aliphatic carbocycles. The number of cyclic esters (lactones) is 1. The van der Waals surface area contributed by atoms with E-state index >= 15 is 0 Å². The summed E-state index contributed by atoms with van der Waals surface area (Å²) in [6.07, 6.45) is 3.03. The van der Waals surface area contributed by atoms with Crippen LogP contribution in [-0.2, 0) is 14.3 Å². The minimum Gasteiger partial charge on any atom is -0.465 e. The Morgan fingerprint density at radius 2 is 2.21 bits per heavy atom. The molecule has 1 saturated carbocycles. The molecule has 78 valence electrons. The predicted molar refractivity (Wildman–Crippen MR) is 50.6 cm³/mol. The summed E-state index contributed by atoms with van der Waals surface area (Å²) in [5, 5.41) is 0. The Labute approximate surface area is 83.8 Å². The molecule has 2 bridgehead atoms. The van der Waals surface area contributed by atoms with Gasteiger partial charge in [-0.05, 0) is 25.2 Å². The van der Waals surface area contributed by atoms with E-state index in [0.717, 1.165) is 19.3 Å². The van der Waals surface area contributed by atoms with Gasteiger partial charge in [0.05, 0.1) is 12.5 Å². The summed E-state index contributed by atoms with van der Waals surface area (Å²) in [5.41, 5.74) is 0. The maximum absolute atomic E-state index is 11.6. The maximum atomic E-state index is 11.6. The molecule has 3 atom stereocenters. The van der Waals surface area contributed by atoms with Crippen LogP contribution in [0.5, 0.6) is 0 Å². The summed E-state index contributed by atoms with van der Waals surface area (Å²) < 4.78 is 5.12. The van der Waals surface area contributed by atoms with Gasteiger partial charge in [0.15, 0.2) is 0 Å². The maximum Gasteiger partial charge on any atom is 0.309 e. The van der Waals surface area contributed by atoms with Crippen LogP contribution in [0.15, 0.2) is 0 Å². The van der Waals surface area contributed by atoms with E-state index in [1.54, 1.807) is 0 Å². The number of hydrogen-bond donors (Lipinski definition) is 0. The van der Waals surface area contributed by atoms with Gasteiger partial charge >= 0.3 is 5.97 Å². The molecule has 1 saturated heterocycles. The van der Waals surface area contributed by atoms with Gasteiger partial charge in [-0.3, -0.25) is 9.59 Å². The molecule has 0 amide bonds. The highest BCUT2D eigenvalue weighted by atomic mass is 16.5. The molecule has 2 rings (SSSR count). The summed E-state index contributed by atoms with van der Waals surface area (Å²) in [6, 6.07) is 0. The van der Waals surface area contributed by atoms with Crippen molar-refractivity contribution in [2.75, 3.05) is 6.61 Å². The van der Waals surface area contributed by atoms with Crippen LogP contribution in [0.1, 0.15) is 32.6 Å². The van der Waals surface area contributed by atoms with Crippen LogP contribution in [0.25, 0.3) is 0 Å². The molecule has 2 aliphatic rings.